The van der Waals surface area contributed by atoms with Gasteiger partial charge in [0.15, 0.2) is 0 Å². The van der Waals surface area contributed by atoms with Crippen LogP contribution in [-0.4, -0.2) is 22.7 Å². The Balaban J connectivity index is 2.04. The third-order valence-electron chi connectivity index (χ3n) is 3.44. The van der Waals surface area contributed by atoms with E-state index in [9.17, 15) is 14.6 Å². The summed E-state index contributed by atoms with van der Waals surface area (Å²) in [5.41, 5.74) is 1.72. The summed E-state index contributed by atoms with van der Waals surface area (Å²) in [6, 6.07) is 18.6. The minimum Gasteiger partial charge on any atom is -0.301 e. The highest BCUT2D eigenvalue weighted by molar-refractivity contribution is 7.57. The molecule has 0 saturated carbocycles. The summed E-state index contributed by atoms with van der Waals surface area (Å²) in [6.45, 7) is 1.35. The lowest BCUT2D eigenvalue weighted by atomic mass is 10.2. The molecule has 1 N–H and O–H groups in total. The van der Waals surface area contributed by atoms with Crippen LogP contribution in [0.25, 0.3) is 0 Å². The van der Waals surface area contributed by atoms with Gasteiger partial charge in [-0.25, -0.2) is 5.06 Å². The molecule has 0 unspecified atom stereocenters. The van der Waals surface area contributed by atoms with Crippen molar-refractivity contribution >= 4 is 13.5 Å². The molecule has 2 rings (SSSR count). The zero-order valence-corrected chi connectivity index (χ0v) is 15.4. The fraction of sp³-hybridized carbons (Fsp3) is 0.211. The Morgan fingerprint density at radius 1 is 1.00 bits per heavy atom. The first-order valence-electron chi connectivity index (χ1n) is 8.10. The lowest BCUT2D eigenvalue weighted by molar-refractivity contribution is -0.160. The summed E-state index contributed by atoms with van der Waals surface area (Å²) in [5, 5.41) is 9.91. The van der Waals surface area contributed by atoms with Crippen LogP contribution in [0.4, 0.5) is 0 Å². The zero-order valence-electron chi connectivity index (χ0n) is 14.5. The molecule has 0 aliphatic rings. The zero-order chi connectivity index (χ0) is 18.8. The Morgan fingerprint density at radius 2 is 1.46 bits per heavy atom. The largest absolute Gasteiger partial charge is 0.354 e. The van der Waals surface area contributed by atoms with Crippen molar-refractivity contribution in [2.45, 2.75) is 20.1 Å². The number of carbonyl (C=O) groups is 1. The molecule has 0 spiro atoms. The number of nitrogens with zero attached hydrogens (tertiary/aromatic N) is 1. The molecular weight excluding hydrogens is 353 g/mol. The average Bonchev–Trinajstić information content (AvgIpc) is 2.66. The van der Waals surface area contributed by atoms with E-state index in [0.29, 0.717) is 5.06 Å². The van der Waals surface area contributed by atoms with Crippen molar-refractivity contribution in [3.05, 3.63) is 83.7 Å². The van der Waals surface area contributed by atoms with Gasteiger partial charge in [0.1, 0.15) is 0 Å². The number of hydrogen-bond donors (Lipinski definition) is 1. The molecule has 7 heteroatoms. The van der Waals surface area contributed by atoms with Crippen molar-refractivity contribution in [3.63, 3.8) is 0 Å². The molecule has 0 atom stereocenters. The first-order chi connectivity index (χ1) is 12.5. The van der Waals surface area contributed by atoms with Crippen LogP contribution in [0.3, 0.4) is 0 Å². The van der Waals surface area contributed by atoms with Crippen molar-refractivity contribution in [2.24, 2.45) is 0 Å². The first kappa shape index (κ1) is 20.1. The van der Waals surface area contributed by atoms with Gasteiger partial charge in [-0.05, 0) is 11.1 Å². The summed E-state index contributed by atoms with van der Waals surface area (Å²) in [6.07, 6.45) is 1.39. The quantitative estimate of drug-likeness (QED) is 0.400. The Hall–Kier alpha value is -2.24. The van der Waals surface area contributed by atoms with Gasteiger partial charge in [-0.15, -0.1) is 0 Å². The van der Waals surface area contributed by atoms with Gasteiger partial charge >= 0.3 is 7.60 Å². The van der Waals surface area contributed by atoms with E-state index in [4.69, 9.17) is 9.05 Å². The number of carbonyl (C=O) groups excluding carboxylic acids is 1. The van der Waals surface area contributed by atoms with Crippen LogP contribution in [-0.2, 0) is 31.6 Å². The van der Waals surface area contributed by atoms with E-state index in [1.165, 1.54) is 18.8 Å². The smallest absolute Gasteiger partial charge is 0.301 e. The van der Waals surface area contributed by atoms with Crippen LogP contribution >= 0.6 is 7.60 Å². The van der Waals surface area contributed by atoms with Crippen molar-refractivity contribution in [1.29, 1.82) is 0 Å². The summed E-state index contributed by atoms with van der Waals surface area (Å²) in [5.74, 6) is 0.755. The number of benzene rings is 2. The predicted octanol–water partition coefficient (Wildman–Crippen LogP) is 4.36. The number of amides is 1. The van der Waals surface area contributed by atoms with Crippen molar-refractivity contribution < 1.29 is 23.6 Å². The first-order valence-corrected chi connectivity index (χ1v) is 9.71. The lowest BCUT2D eigenvalue weighted by Crippen LogP contribution is -2.24. The second-order valence-corrected chi connectivity index (χ2v) is 7.44. The number of rotatable bonds is 9. The van der Waals surface area contributed by atoms with Crippen LogP contribution in [0.1, 0.15) is 18.1 Å². The molecule has 0 radical (unpaired) electrons. The van der Waals surface area contributed by atoms with E-state index in [1.807, 2.05) is 60.7 Å². The number of hydrogen-bond acceptors (Lipinski definition) is 5. The van der Waals surface area contributed by atoms with Crippen molar-refractivity contribution in [3.8, 4) is 0 Å². The van der Waals surface area contributed by atoms with E-state index >= 15 is 0 Å². The standard InChI is InChI=1S/C19H22NO5P/c1-17(21)20(22)13-8-14-26(23,24-15-18-9-4-2-5-10-18)25-16-19-11-6-3-7-12-19/h2-12,14,22H,13,15-16H2,1H3/b14-8+. The second-order valence-electron chi connectivity index (χ2n) is 5.54. The van der Waals surface area contributed by atoms with Gasteiger partial charge in [-0.3, -0.25) is 14.6 Å². The summed E-state index contributed by atoms with van der Waals surface area (Å²) in [4.78, 5) is 11.0. The van der Waals surface area contributed by atoms with Crippen LogP contribution in [0.15, 0.2) is 72.6 Å². The third kappa shape index (κ3) is 6.94. The topological polar surface area (TPSA) is 76.1 Å². The molecule has 138 valence electrons. The van der Waals surface area contributed by atoms with Gasteiger partial charge in [0.2, 0.25) is 5.91 Å². The monoisotopic (exact) mass is 375 g/mol. The molecule has 0 fully saturated rings. The molecular formula is C19H22NO5P. The number of hydroxylamine groups is 2. The molecule has 2 aromatic carbocycles. The van der Waals surface area contributed by atoms with Crippen LogP contribution in [0.2, 0.25) is 0 Å². The minimum atomic E-state index is -3.57. The van der Waals surface area contributed by atoms with Gasteiger partial charge < -0.3 is 9.05 Å². The van der Waals surface area contributed by atoms with Crippen LogP contribution < -0.4 is 0 Å². The van der Waals surface area contributed by atoms with Gasteiger partial charge in [-0.1, -0.05) is 66.7 Å². The van der Waals surface area contributed by atoms with E-state index in [0.717, 1.165) is 11.1 Å². The fourth-order valence-electron chi connectivity index (χ4n) is 2.01. The Bertz CT molecular complexity index is 717. The minimum absolute atomic E-state index is 0.108. The SMILES string of the molecule is CC(=O)N(O)C/C=C/P(=O)(OCc1ccccc1)OCc1ccccc1. The third-order valence-corrected chi connectivity index (χ3v) is 4.99. The fourth-order valence-corrected chi connectivity index (χ4v) is 3.26. The van der Waals surface area contributed by atoms with Crippen LogP contribution in [0, 0.1) is 0 Å². The molecule has 0 bridgehead atoms. The summed E-state index contributed by atoms with van der Waals surface area (Å²) >= 11 is 0. The van der Waals surface area contributed by atoms with Gasteiger partial charge in [0.05, 0.1) is 19.8 Å². The van der Waals surface area contributed by atoms with E-state index in [-0.39, 0.29) is 19.8 Å². The highest BCUT2D eigenvalue weighted by Crippen LogP contribution is 2.51. The molecule has 6 nitrogen and oxygen atoms in total. The lowest BCUT2D eigenvalue weighted by Gasteiger charge is -2.16. The molecule has 1 amide bonds. The van der Waals surface area contributed by atoms with E-state index in [1.54, 1.807) is 0 Å². The molecule has 0 saturated heterocycles. The molecule has 0 aliphatic heterocycles. The molecule has 0 aromatic heterocycles. The average molecular weight is 375 g/mol. The normalized spacial score (nSPS) is 11.6. The Labute approximate surface area is 153 Å². The maximum absolute atomic E-state index is 13.0. The molecule has 0 heterocycles. The summed E-state index contributed by atoms with van der Waals surface area (Å²) < 4.78 is 24.1. The van der Waals surface area contributed by atoms with Gasteiger partial charge in [0.25, 0.3) is 0 Å². The second kappa shape index (κ2) is 10.0. The van der Waals surface area contributed by atoms with Gasteiger partial charge in [-0.2, -0.15) is 0 Å². The Kier molecular flexibility index (Phi) is 7.75. The summed E-state index contributed by atoms with van der Waals surface area (Å²) in [7, 11) is -3.57. The van der Waals surface area contributed by atoms with E-state index in [2.05, 4.69) is 0 Å². The maximum atomic E-state index is 13.0. The van der Waals surface area contributed by atoms with E-state index < -0.39 is 13.5 Å². The predicted molar refractivity (Wildman–Crippen MR) is 98.4 cm³/mol. The molecule has 26 heavy (non-hydrogen) atoms. The van der Waals surface area contributed by atoms with Crippen molar-refractivity contribution in [1.82, 2.24) is 5.06 Å². The molecule has 0 aliphatic carbocycles. The van der Waals surface area contributed by atoms with Gasteiger partial charge in [0, 0.05) is 12.7 Å². The highest BCUT2D eigenvalue weighted by atomic mass is 31.2. The Morgan fingerprint density at radius 3 is 1.88 bits per heavy atom. The van der Waals surface area contributed by atoms with Crippen LogP contribution in [0.5, 0.6) is 0 Å². The molecule has 2 aromatic rings. The van der Waals surface area contributed by atoms with Crippen molar-refractivity contribution in [2.75, 3.05) is 6.54 Å². The highest BCUT2D eigenvalue weighted by Gasteiger charge is 2.21. The maximum Gasteiger partial charge on any atom is 0.354 e.